The smallest absolute Gasteiger partial charge is 0.255 e. The van der Waals surface area contributed by atoms with Gasteiger partial charge in [-0.15, -0.1) is 0 Å². The molecule has 2 unspecified atom stereocenters. The van der Waals surface area contributed by atoms with Crippen molar-refractivity contribution in [3.05, 3.63) is 77.9 Å². The maximum atomic E-state index is 13.3. The van der Waals surface area contributed by atoms with Crippen LogP contribution in [0.15, 0.2) is 66.7 Å². The molecule has 0 radical (unpaired) electrons. The number of rotatable bonds is 6. The highest BCUT2D eigenvalue weighted by Gasteiger charge is 2.41. The molecule has 2 atom stereocenters. The second-order valence-electron chi connectivity index (χ2n) is 8.78. The van der Waals surface area contributed by atoms with Crippen molar-refractivity contribution in [2.75, 3.05) is 6.61 Å². The lowest BCUT2D eigenvalue weighted by atomic mass is 9.96. The van der Waals surface area contributed by atoms with Crippen molar-refractivity contribution in [3.8, 4) is 5.75 Å². The third-order valence-electron chi connectivity index (χ3n) is 6.84. The minimum atomic E-state index is -0.0184. The van der Waals surface area contributed by atoms with E-state index in [4.69, 9.17) is 4.74 Å². The van der Waals surface area contributed by atoms with E-state index in [0.717, 1.165) is 30.2 Å². The summed E-state index contributed by atoms with van der Waals surface area (Å²) in [5.74, 6) is 0.678. The molecule has 1 amide bonds. The van der Waals surface area contributed by atoms with Gasteiger partial charge in [-0.05, 0) is 49.6 Å². The lowest BCUT2D eigenvalue weighted by Crippen LogP contribution is -2.50. The third kappa shape index (κ3) is 4.05. The molecule has 3 aromatic carbocycles. The van der Waals surface area contributed by atoms with Crippen LogP contribution >= 0.6 is 0 Å². The summed E-state index contributed by atoms with van der Waals surface area (Å²) < 4.78 is 5.93. The van der Waals surface area contributed by atoms with Crippen LogP contribution < -0.4 is 10.1 Å². The zero-order valence-corrected chi connectivity index (χ0v) is 18.1. The molecule has 2 aliphatic heterocycles. The second kappa shape index (κ2) is 8.72. The first-order chi connectivity index (χ1) is 15.2. The van der Waals surface area contributed by atoms with Gasteiger partial charge in [0.1, 0.15) is 5.75 Å². The number of hydrogen-bond donors (Lipinski definition) is 1. The number of benzene rings is 3. The summed E-state index contributed by atoms with van der Waals surface area (Å²) in [5, 5.41) is 5.43. The molecular formula is C27H30N2O2. The molecule has 2 heterocycles. The van der Waals surface area contributed by atoms with Gasteiger partial charge in [-0.2, -0.15) is 0 Å². The molecule has 2 fully saturated rings. The molecule has 4 heteroatoms. The van der Waals surface area contributed by atoms with E-state index in [1.54, 1.807) is 0 Å². The monoisotopic (exact) mass is 414 g/mol. The highest BCUT2D eigenvalue weighted by Crippen LogP contribution is 2.37. The van der Waals surface area contributed by atoms with E-state index in [-0.39, 0.29) is 11.9 Å². The number of ether oxygens (including phenoxy) is 1. The average Bonchev–Trinajstić information content (AvgIpc) is 3.02. The largest absolute Gasteiger partial charge is 0.492 e. The minimum Gasteiger partial charge on any atom is -0.492 e. The summed E-state index contributed by atoms with van der Waals surface area (Å²) in [6.45, 7) is 3.51. The van der Waals surface area contributed by atoms with Crippen LogP contribution in [0.25, 0.3) is 10.8 Å². The minimum absolute atomic E-state index is 0.0184. The summed E-state index contributed by atoms with van der Waals surface area (Å²) in [7, 11) is 0. The second-order valence-corrected chi connectivity index (χ2v) is 8.78. The van der Waals surface area contributed by atoms with E-state index >= 15 is 0 Å². The lowest BCUT2D eigenvalue weighted by molar-refractivity contribution is 0.0825. The Labute approximate surface area is 184 Å². The van der Waals surface area contributed by atoms with Crippen LogP contribution in [-0.4, -0.2) is 35.5 Å². The molecule has 0 aromatic heterocycles. The van der Waals surface area contributed by atoms with Crippen molar-refractivity contribution in [2.45, 2.75) is 57.3 Å². The maximum absolute atomic E-state index is 13.3. The molecule has 31 heavy (non-hydrogen) atoms. The quantitative estimate of drug-likeness (QED) is 0.605. The first-order valence-corrected chi connectivity index (χ1v) is 11.5. The van der Waals surface area contributed by atoms with Gasteiger partial charge in [0.05, 0.1) is 12.2 Å². The Kier molecular flexibility index (Phi) is 5.65. The first kappa shape index (κ1) is 20.1. The Morgan fingerprint density at radius 3 is 2.42 bits per heavy atom. The van der Waals surface area contributed by atoms with Crippen LogP contribution in [-0.2, 0) is 6.54 Å². The number of hydrogen-bond acceptors (Lipinski definition) is 3. The standard InChI is InChI=1S/C27H30N2O2/c1-2-31-26-24-11-7-6-10-20(24)12-15-25(26)27(30)28-21-16-22-13-14-23(17-21)29(22)18-19-8-4-3-5-9-19/h3-12,15,21-23H,2,13-14,16-18H2,1H3,(H,28,30). The number of nitrogens with one attached hydrogen (secondary N) is 1. The number of piperidine rings is 1. The van der Waals surface area contributed by atoms with Crippen LogP contribution in [0.2, 0.25) is 0 Å². The van der Waals surface area contributed by atoms with Crippen LogP contribution in [0.4, 0.5) is 0 Å². The van der Waals surface area contributed by atoms with Gasteiger partial charge in [0.15, 0.2) is 0 Å². The van der Waals surface area contributed by atoms with Gasteiger partial charge in [-0.25, -0.2) is 0 Å². The molecule has 0 saturated carbocycles. The number of carbonyl (C=O) groups excluding carboxylic acids is 1. The average molecular weight is 415 g/mol. The predicted molar refractivity (Wildman–Crippen MR) is 124 cm³/mol. The van der Waals surface area contributed by atoms with Crippen molar-refractivity contribution < 1.29 is 9.53 Å². The van der Waals surface area contributed by atoms with E-state index < -0.39 is 0 Å². The fourth-order valence-electron chi connectivity index (χ4n) is 5.43. The Morgan fingerprint density at radius 2 is 1.68 bits per heavy atom. The van der Waals surface area contributed by atoms with E-state index in [9.17, 15) is 4.79 Å². The van der Waals surface area contributed by atoms with Crippen LogP contribution in [0.3, 0.4) is 0 Å². The summed E-state index contributed by atoms with van der Waals surface area (Å²) in [4.78, 5) is 15.9. The molecule has 160 valence electrons. The van der Waals surface area contributed by atoms with Crippen LogP contribution in [0, 0.1) is 0 Å². The fourth-order valence-corrected chi connectivity index (χ4v) is 5.43. The predicted octanol–water partition coefficient (Wildman–Crippen LogP) is 5.16. The van der Waals surface area contributed by atoms with Gasteiger partial charge < -0.3 is 10.1 Å². The van der Waals surface area contributed by atoms with Gasteiger partial charge in [-0.1, -0.05) is 60.7 Å². The summed E-state index contributed by atoms with van der Waals surface area (Å²) >= 11 is 0. The molecule has 2 bridgehead atoms. The molecule has 5 rings (SSSR count). The molecule has 0 aliphatic carbocycles. The van der Waals surface area contributed by atoms with E-state index in [1.165, 1.54) is 18.4 Å². The topological polar surface area (TPSA) is 41.6 Å². The SMILES string of the molecule is CCOc1c(C(=O)NC2CC3CCC(C2)N3Cc2ccccc2)ccc2ccccc12. The molecule has 2 aliphatic rings. The summed E-state index contributed by atoms with van der Waals surface area (Å²) in [5.41, 5.74) is 2.01. The van der Waals surface area contributed by atoms with Crippen molar-refractivity contribution in [3.63, 3.8) is 0 Å². The van der Waals surface area contributed by atoms with Crippen LogP contribution in [0.5, 0.6) is 5.75 Å². The highest BCUT2D eigenvalue weighted by atomic mass is 16.5. The van der Waals surface area contributed by atoms with Crippen molar-refractivity contribution in [2.24, 2.45) is 0 Å². The molecule has 0 spiro atoms. The number of carbonyl (C=O) groups is 1. The highest BCUT2D eigenvalue weighted by molar-refractivity contribution is 6.04. The van der Waals surface area contributed by atoms with Crippen molar-refractivity contribution >= 4 is 16.7 Å². The van der Waals surface area contributed by atoms with Gasteiger partial charge in [0.25, 0.3) is 5.91 Å². The number of amides is 1. The molecule has 3 aromatic rings. The van der Waals surface area contributed by atoms with Crippen molar-refractivity contribution in [1.29, 1.82) is 0 Å². The van der Waals surface area contributed by atoms with Gasteiger partial charge in [-0.3, -0.25) is 9.69 Å². The lowest BCUT2D eigenvalue weighted by Gasteiger charge is -2.39. The zero-order valence-electron chi connectivity index (χ0n) is 18.1. The first-order valence-electron chi connectivity index (χ1n) is 11.5. The van der Waals surface area contributed by atoms with Gasteiger partial charge >= 0.3 is 0 Å². The van der Waals surface area contributed by atoms with E-state index in [1.807, 2.05) is 37.3 Å². The van der Waals surface area contributed by atoms with Crippen molar-refractivity contribution in [1.82, 2.24) is 10.2 Å². The number of fused-ring (bicyclic) bond motifs is 3. The fraction of sp³-hybridized carbons (Fsp3) is 0.370. The normalized spacial score (nSPS) is 23.1. The molecular weight excluding hydrogens is 384 g/mol. The Morgan fingerprint density at radius 1 is 0.968 bits per heavy atom. The maximum Gasteiger partial charge on any atom is 0.255 e. The molecule has 2 saturated heterocycles. The Bertz CT molecular complexity index is 1050. The van der Waals surface area contributed by atoms with E-state index in [2.05, 4.69) is 46.6 Å². The Hall–Kier alpha value is -2.85. The number of nitrogens with zero attached hydrogens (tertiary/aromatic N) is 1. The van der Waals surface area contributed by atoms with Gasteiger partial charge in [0, 0.05) is 30.1 Å². The summed E-state index contributed by atoms with van der Waals surface area (Å²) in [6, 6.07) is 24.0. The van der Waals surface area contributed by atoms with Crippen LogP contribution in [0.1, 0.15) is 48.5 Å². The molecule has 4 nitrogen and oxygen atoms in total. The van der Waals surface area contributed by atoms with Gasteiger partial charge in [0.2, 0.25) is 0 Å². The third-order valence-corrected chi connectivity index (χ3v) is 6.84. The Balaban J connectivity index is 1.30. The van der Waals surface area contributed by atoms with E-state index in [0.29, 0.717) is 30.0 Å². The summed E-state index contributed by atoms with van der Waals surface area (Å²) in [6.07, 6.45) is 4.49. The molecule has 1 N–H and O–H groups in total. The zero-order chi connectivity index (χ0) is 21.2.